The van der Waals surface area contributed by atoms with Crippen LogP contribution in [0.1, 0.15) is 32.1 Å². The molecular formula is C12H16F4O3S. The van der Waals surface area contributed by atoms with E-state index in [1.807, 2.05) is 0 Å². The van der Waals surface area contributed by atoms with Crippen molar-refractivity contribution >= 4 is 10.1 Å². The van der Waals surface area contributed by atoms with Crippen molar-refractivity contribution in [3.63, 3.8) is 0 Å². The summed E-state index contributed by atoms with van der Waals surface area (Å²) < 4.78 is 85.2. The molecule has 3 nitrogen and oxygen atoms in total. The topological polar surface area (TPSA) is 54.4 Å². The summed E-state index contributed by atoms with van der Waals surface area (Å²) in [5.74, 6) is -6.87. The van der Waals surface area contributed by atoms with E-state index in [1.165, 1.54) is 0 Å². The molecule has 4 saturated carbocycles. The lowest BCUT2D eigenvalue weighted by atomic mass is 9.50. The van der Waals surface area contributed by atoms with E-state index < -0.39 is 39.0 Å². The molecule has 0 heterocycles. The number of alkyl halides is 4. The van der Waals surface area contributed by atoms with Gasteiger partial charge in [0.05, 0.1) is 0 Å². The monoisotopic (exact) mass is 316 g/mol. The third-order valence-corrected chi connectivity index (χ3v) is 6.28. The highest BCUT2D eigenvalue weighted by Crippen LogP contribution is 2.62. The first kappa shape index (κ1) is 14.6. The lowest BCUT2D eigenvalue weighted by Crippen LogP contribution is -2.60. The third kappa shape index (κ3) is 1.83. The number of rotatable bonds is 3. The zero-order valence-corrected chi connectivity index (χ0v) is 11.4. The van der Waals surface area contributed by atoms with Crippen LogP contribution in [0.4, 0.5) is 17.6 Å². The summed E-state index contributed by atoms with van der Waals surface area (Å²) >= 11 is 0. The summed E-state index contributed by atoms with van der Waals surface area (Å²) in [6.07, 6.45) is 2.84. The summed E-state index contributed by atoms with van der Waals surface area (Å²) in [6.45, 7) is 0. The summed E-state index contributed by atoms with van der Waals surface area (Å²) in [4.78, 5) is 0. The van der Waals surface area contributed by atoms with Gasteiger partial charge in [0.2, 0.25) is 0 Å². The highest BCUT2D eigenvalue weighted by atomic mass is 32.2. The minimum Gasteiger partial charge on any atom is -0.281 e. The quantitative estimate of drug-likeness (QED) is 0.643. The molecule has 0 aromatic heterocycles. The van der Waals surface area contributed by atoms with Crippen LogP contribution in [-0.4, -0.2) is 24.1 Å². The van der Waals surface area contributed by atoms with Gasteiger partial charge in [-0.15, -0.1) is 0 Å². The second-order valence-corrected chi connectivity index (χ2v) is 8.03. The van der Waals surface area contributed by atoms with Gasteiger partial charge in [-0.3, -0.25) is 4.55 Å². The maximum absolute atomic E-state index is 14.2. The second kappa shape index (κ2) is 4.09. The van der Waals surface area contributed by atoms with Gasteiger partial charge in [-0.1, -0.05) is 0 Å². The highest BCUT2D eigenvalue weighted by Gasteiger charge is 2.72. The molecule has 4 fully saturated rings. The molecule has 0 unspecified atom stereocenters. The Kier molecular flexibility index (Phi) is 2.98. The molecule has 0 atom stereocenters. The molecule has 0 amide bonds. The molecule has 0 saturated heterocycles. The fourth-order valence-electron chi connectivity index (χ4n) is 4.88. The largest absolute Gasteiger partial charge is 0.431 e. The minimum absolute atomic E-state index is 0.309. The standard InChI is InChI=1S/C12H16F4O3S/c13-11(14,12(15,16)20(17,18)19)10-8-2-6-1-7(4-8)5-9(10)3-6/h6-10H,1-5H2,(H,17,18,19). The Hall–Kier alpha value is -0.370. The van der Waals surface area contributed by atoms with Crippen molar-refractivity contribution in [2.75, 3.05) is 0 Å². The van der Waals surface area contributed by atoms with Crippen LogP contribution >= 0.6 is 0 Å². The first-order chi connectivity index (χ1) is 9.04. The van der Waals surface area contributed by atoms with Gasteiger partial charge in [0.15, 0.2) is 0 Å². The fourth-order valence-corrected chi connectivity index (χ4v) is 5.36. The first-order valence-corrected chi connectivity index (χ1v) is 8.20. The van der Waals surface area contributed by atoms with Gasteiger partial charge in [0.25, 0.3) is 0 Å². The third-order valence-electron chi connectivity index (χ3n) is 5.36. The molecule has 0 aromatic carbocycles. The Morgan fingerprint density at radius 3 is 1.60 bits per heavy atom. The Morgan fingerprint density at radius 2 is 1.25 bits per heavy atom. The molecule has 4 bridgehead atoms. The summed E-state index contributed by atoms with van der Waals surface area (Å²) in [5, 5.41) is -5.42. The molecule has 0 radical (unpaired) electrons. The average molecular weight is 316 g/mol. The van der Waals surface area contributed by atoms with Crippen LogP contribution < -0.4 is 0 Å². The van der Waals surface area contributed by atoms with Gasteiger partial charge >= 0.3 is 21.3 Å². The van der Waals surface area contributed by atoms with Crippen molar-refractivity contribution in [3.05, 3.63) is 0 Å². The molecule has 0 spiro atoms. The van der Waals surface area contributed by atoms with E-state index in [0.717, 1.165) is 6.42 Å². The normalized spacial score (nSPS) is 41.1. The first-order valence-electron chi connectivity index (χ1n) is 6.76. The minimum atomic E-state index is -6.13. The van der Waals surface area contributed by atoms with Crippen LogP contribution in [0.5, 0.6) is 0 Å². The van der Waals surface area contributed by atoms with Crippen LogP contribution in [0.15, 0.2) is 0 Å². The van der Waals surface area contributed by atoms with E-state index in [9.17, 15) is 26.0 Å². The van der Waals surface area contributed by atoms with Gasteiger partial charge in [-0.25, -0.2) is 0 Å². The van der Waals surface area contributed by atoms with Crippen molar-refractivity contribution in [2.24, 2.45) is 29.6 Å². The van der Waals surface area contributed by atoms with Crippen molar-refractivity contribution in [3.8, 4) is 0 Å². The van der Waals surface area contributed by atoms with E-state index in [0.29, 0.717) is 37.5 Å². The van der Waals surface area contributed by atoms with Crippen LogP contribution in [0.25, 0.3) is 0 Å². The maximum Gasteiger partial charge on any atom is 0.431 e. The van der Waals surface area contributed by atoms with Crippen molar-refractivity contribution in [1.82, 2.24) is 0 Å². The zero-order valence-electron chi connectivity index (χ0n) is 10.6. The summed E-state index contributed by atoms with van der Waals surface area (Å²) in [6, 6.07) is 0. The molecule has 4 aliphatic carbocycles. The van der Waals surface area contributed by atoms with Crippen molar-refractivity contribution < 1.29 is 30.5 Å². The molecule has 4 rings (SSSR count). The predicted octanol–water partition coefficient (Wildman–Crippen LogP) is 3.17. The van der Waals surface area contributed by atoms with Crippen molar-refractivity contribution in [2.45, 2.75) is 43.3 Å². The second-order valence-electron chi connectivity index (χ2n) is 6.57. The lowest BCUT2D eigenvalue weighted by Gasteiger charge is -2.56. The van der Waals surface area contributed by atoms with Crippen molar-refractivity contribution in [1.29, 1.82) is 0 Å². The average Bonchev–Trinajstić information content (AvgIpc) is 2.24. The predicted molar refractivity (Wildman–Crippen MR) is 62.0 cm³/mol. The van der Waals surface area contributed by atoms with Gasteiger partial charge < -0.3 is 0 Å². The molecule has 20 heavy (non-hydrogen) atoms. The van der Waals surface area contributed by atoms with E-state index in [4.69, 9.17) is 4.55 Å². The molecule has 1 N–H and O–H groups in total. The van der Waals surface area contributed by atoms with E-state index >= 15 is 0 Å². The number of hydrogen-bond acceptors (Lipinski definition) is 2. The van der Waals surface area contributed by atoms with Crippen LogP contribution in [0, 0.1) is 29.6 Å². The number of halogens is 4. The summed E-state index contributed by atoms with van der Waals surface area (Å²) in [7, 11) is -6.13. The van der Waals surface area contributed by atoms with Gasteiger partial charge in [0.1, 0.15) is 0 Å². The molecule has 0 aliphatic heterocycles. The van der Waals surface area contributed by atoms with E-state index in [2.05, 4.69) is 0 Å². The molecule has 0 aromatic rings. The molecule has 8 heteroatoms. The molecule has 4 aliphatic rings. The van der Waals surface area contributed by atoms with E-state index in [-0.39, 0.29) is 0 Å². The Bertz CT molecular complexity index is 489. The van der Waals surface area contributed by atoms with Gasteiger partial charge in [0, 0.05) is 5.92 Å². The maximum atomic E-state index is 14.2. The summed E-state index contributed by atoms with van der Waals surface area (Å²) in [5.41, 5.74) is 0. The van der Waals surface area contributed by atoms with Crippen LogP contribution in [0.2, 0.25) is 0 Å². The molecule has 116 valence electrons. The van der Waals surface area contributed by atoms with Gasteiger partial charge in [-0.05, 0) is 55.8 Å². The highest BCUT2D eigenvalue weighted by molar-refractivity contribution is 7.87. The Morgan fingerprint density at radius 1 is 0.850 bits per heavy atom. The Labute approximate surface area is 114 Å². The zero-order chi connectivity index (χ0) is 14.9. The lowest BCUT2D eigenvalue weighted by molar-refractivity contribution is -0.242. The number of hydrogen-bond donors (Lipinski definition) is 1. The van der Waals surface area contributed by atoms with E-state index in [1.54, 1.807) is 0 Å². The SMILES string of the molecule is O=S(=O)(O)C(F)(F)C(F)(F)C1C2CC3CC(C2)CC1C3. The Balaban J connectivity index is 1.96. The molecular weight excluding hydrogens is 300 g/mol. The smallest absolute Gasteiger partial charge is 0.281 e. The van der Waals surface area contributed by atoms with Gasteiger partial charge in [-0.2, -0.15) is 26.0 Å². The fraction of sp³-hybridized carbons (Fsp3) is 1.00. The van der Waals surface area contributed by atoms with Crippen LogP contribution in [-0.2, 0) is 10.1 Å². The van der Waals surface area contributed by atoms with Crippen LogP contribution in [0.3, 0.4) is 0 Å².